The molecule has 1 nitrogen and oxygen atoms in total. The molecule has 0 aromatic rings. The van der Waals surface area contributed by atoms with E-state index in [0.717, 1.165) is 26.1 Å². The molecule has 0 atom stereocenters. The Balaban J connectivity index is 0. The van der Waals surface area contributed by atoms with Gasteiger partial charge in [-0.05, 0) is 12.8 Å². The van der Waals surface area contributed by atoms with Crippen LogP contribution in [0.3, 0.4) is 0 Å². The summed E-state index contributed by atoms with van der Waals surface area (Å²) in [4.78, 5) is 0. The molecule has 0 aromatic carbocycles. The molecule has 45 valence electrons. The monoisotopic (exact) mass is 141 g/mol. The van der Waals surface area contributed by atoms with E-state index in [1.807, 2.05) is 0 Å². The summed E-state index contributed by atoms with van der Waals surface area (Å²) in [6.45, 7) is 6.09. The average Bonchev–Trinajstić information content (AvgIpc) is 1.69. The number of hydrogen-bond donors (Lipinski definition) is 0. The van der Waals surface area contributed by atoms with Crippen molar-refractivity contribution in [1.82, 2.24) is 0 Å². The summed E-state index contributed by atoms with van der Waals surface area (Å²) in [7, 11) is 0. The minimum absolute atomic E-state index is 0. The van der Waals surface area contributed by atoms with Crippen molar-refractivity contribution in [3.05, 3.63) is 0 Å². The van der Waals surface area contributed by atoms with Crippen LogP contribution in [0.5, 0.6) is 0 Å². The van der Waals surface area contributed by atoms with Crippen LogP contribution in [0.2, 0.25) is 0 Å². The van der Waals surface area contributed by atoms with Gasteiger partial charge >= 0.3 is 0 Å². The van der Waals surface area contributed by atoms with Crippen LogP contribution < -0.4 is 0 Å². The van der Waals surface area contributed by atoms with Crippen LogP contribution in [0, 0.1) is 0 Å². The zero-order valence-electron chi connectivity index (χ0n) is 6.24. The van der Waals surface area contributed by atoms with E-state index in [-0.39, 0.29) is 51.4 Å². The Morgan fingerprint density at radius 1 is 1.00 bits per heavy atom. The normalized spacial score (nSPS) is 8.25. The van der Waals surface area contributed by atoms with Crippen molar-refractivity contribution in [3.63, 3.8) is 0 Å². The summed E-state index contributed by atoms with van der Waals surface area (Å²) < 4.78 is 5.13. The molecule has 0 unspecified atom stereocenters. The van der Waals surface area contributed by atoms with Crippen molar-refractivity contribution in [2.24, 2.45) is 0 Å². The summed E-state index contributed by atoms with van der Waals surface area (Å²) in [5.41, 5.74) is 0. The van der Waals surface area contributed by atoms with E-state index in [9.17, 15) is 0 Å². The third-order valence-electron chi connectivity index (χ3n) is 0.697. The minimum atomic E-state index is 0. The fourth-order valence-electron chi connectivity index (χ4n) is 0.391. The SMILES string of the molecule is CCCOCCC.[K]. The third kappa shape index (κ3) is 10.6. The van der Waals surface area contributed by atoms with Gasteiger partial charge in [-0.1, -0.05) is 13.8 Å². The van der Waals surface area contributed by atoms with Crippen LogP contribution in [0.1, 0.15) is 26.7 Å². The topological polar surface area (TPSA) is 9.23 Å². The maximum Gasteiger partial charge on any atom is 0.0463 e. The molecule has 0 heterocycles. The number of hydrogen-bond acceptors (Lipinski definition) is 1. The summed E-state index contributed by atoms with van der Waals surface area (Å²) >= 11 is 0. The molecule has 0 aliphatic carbocycles. The van der Waals surface area contributed by atoms with Gasteiger partial charge in [-0.25, -0.2) is 0 Å². The summed E-state index contributed by atoms with van der Waals surface area (Å²) in [5, 5.41) is 0. The maximum atomic E-state index is 5.13. The Labute approximate surface area is 94.6 Å². The van der Waals surface area contributed by atoms with E-state index < -0.39 is 0 Å². The second kappa shape index (κ2) is 11.4. The zero-order chi connectivity index (χ0) is 5.54. The van der Waals surface area contributed by atoms with Gasteiger partial charge < -0.3 is 4.74 Å². The molecule has 0 aliphatic rings. The summed E-state index contributed by atoms with van der Waals surface area (Å²) in [6.07, 6.45) is 2.28. The van der Waals surface area contributed by atoms with Crippen molar-refractivity contribution in [1.29, 1.82) is 0 Å². The van der Waals surface area contributed by atoms with E-state index in [4.69, 9.17) is 4.74 Å². The first kappa shape index (κ1) is 12.3. The fraction of sp³-hybridized carbons (Fsp3) is 1.00. The molecule has 0 amide bonds. The molecule has 0 saturated carbocycles. The van der Waals surface area contributed by atoms with Gasteiger partial charge in [0, 0.05) is 64.6 Å². The van der Waals surface area contributed by atoms with Crippen molar-refractivity contribution in [2.75, 3.05) is 13.2 Å². The number of rotatable bonds is 4. The molecule has 0 aliphatic heterocycles. The summed E-state index contributed by atoms with van der Waals surface area (Å²) in [5.74, 6) is 0. The molecular weight excluding hydrogens is 127 g/mol. The van der Waals surface area contributed by atoms with Gasteiger partial charge in [-0.3, -0.25) is 0 Å². The van der Waals surface area contributed by atoms with Crippen molar-refractivity contribution < 1.29 is 4.74 Å². The Kier molecular flexibility index (Phi) is 17.5. The van der Waals surface area contributed by atoms with E-state index >= 15 is 0 Å². The third-order valence-corrected chi connectivity index (χ3v) is 0.697. The van der Waals surface area contributed by atoms with Crippen LogP contribution >= 0.6 is 0 Å². The molecule has 8 heavy (non-hydrogen) atoms. The first-order valence-electron chi connectivity index (χ1n) is 2.99. The van der Waals surface area contributed by atoms with Crippen molar-refractivity contribution in [3.8, 4) is 0 Å². The molecule has 0 rings (SSSR count). The minimum Gasteiger partial charge on any atom is -0.381 e. The molecule has 0 saturated heterocycles. The Morgan fingerprint density at radius 3 is 1.62 bits per heavy atom. The molecule has 0 N–H and O–H groups in total. The van der Waals surface area contributed by atoms with E-state index in [0.29, 0.717) is 0 Å². The Morgan fingerprint density at radius 2 is 1.38 bits per heavy atom. The van der Waals surface area contributed by atoms with Gasteiger partial charge in [-0.2, -0.15) is 0 Å². The van der Waals surface area contributed by atoms with E-state index in [1.54, 1.807) is 0 Å². The van der Waals surface area contributed by atoms with Gasteiger partial charge in [0.1, 0.15) is 0 Å². The maximum absolute atomic E-state index is 5.13. The smallest absolute Gasteiger partial charge is 0.0463 e. The second-order valence-corrected chi connectivity index (χ2v) is 1.61. The quantitative estimate of drug-likeness (QED) is 0.425. The Bertz CT molecular complexity index is 27.7. The van der Waals surface area contributed by atoms with Gasteiger partial charge in [0.15, 0.2) is 0 Å². The predicted molar refractivity (Wildman–Crippen MR) is 37.2 cm³/mol. The van der Waals surface area contributed by atoms with Crippen LogP contribution in [0.4, 0.5) is 0 Å². The largest absolute Gasteiger partial charge is 0.381 e. The predicted octanol–water partition coefficient (Wildman–Crippen LogP) is 1.44. The summed E-state index contributed by atoms with van der Waals surface area (Å²) in [6, 6.07) is 0. The first-order valence-corrected chi connectivity index (χ1v) is 2.99. The van der Waals surface area contributed by atoms with Crippen LogP contribution in [0.15, 0.2) is 0 Å². The average molecular weight is 141 g/mol. The molecule has 0 bridgehead atoms. The van der Waals surface area contributed by atoms with Gasteiger partial charge in [-0.15, -0.1) is 0 Å². The molecule has 0 spiro atoms. The molecule has 0 fully saturated rings. The van der Waals surface area contributed by atoms with E-state index in [2.05, 4.69) is 13.8 Å². The molecular formula is C6H14KO. The van der Waals surface area contributed by atoms with Crippen molar-refractivity contribution >= 4 is 51.4 Å². The molecule has 2 heteroatoms. The van der Waals surface area contributed by atoms with Gasteiger partial charge in [0.2, 0.25) is 0 Å². The van der Waals surface area contributed by atoms with Crippen molar-refractivity contribution in [2.45, 2.75) is 26.7 Å². The van der Waals surface area contributed by atoms with Crippen LogP contribution in [-0.4, -0.2) is 64.6 Å². The molecule has 0 aromatic heterocycles. The van der Waals surface area contributed by atoms with Gasteiger partial charge in [0.05, 0.1) is 0 Å². The Hall–Kier alpha value is 1.60. The first-order chi connectivity index (χ1) is 3.41. The van der Waals surface area contributed by atoms with Gasteiger partial charge in [0.25, 0.3) is 0 Å². The second-order valence-electron chi connectivity index (χ2n) is 1.61. The number of ether oxygens (including phenoxy) is 1. The standard InChI is InChI=1S/C6H14O.K/c1-3-5-7-6-4-2;/h3-6H2,1-2H3;. The fourth-order valence-corrected chi connectivity index (χ4v) is 0.391. The van der Waals surface area contributed by atoms with Crippen LogP contribution in [-0.2, 0) is 4.74 Å². The van der Waals surface area contributed by atoms with E-state index in [1.165, 1.54) is 0 Å². The van der Waals surface area contributed by atoms with Crippen LogP contribution in [0.25, 0.3) is 0 Å². The molecule has 1 radical (unpaired) electrons. The zero-order valence-corrected chi connectivity index (χ0v) is 9.36.